The Kier molecular flexibility index (Phi) is 9.73. The highest BCUT2D eigenvalue weighted by Crippen LogP contribution is 2.36. The highest BCUT2D eigenvalue weighted by molar-refractivity contribution is 6.31. The van der Waals surface area contributed by atoms with Crippen LogP contribution in [0.3, 0.4) is 0 Å². The van der Waals surface area contributed by atoms with Crippen LogP contribution in [0, 0.1) is 0 Å². The molecule has 0 radical (unpaired) electrons. The van der Waals surface area contributed by atoms with Crippen LogP contribution in [0.2, 0.25) is 10.2 Å². The molecule has 0 spiro atoms. The van der Waals surface area contributed by atoms with Crippen LogP contribution >= 0.6 is 35.6 Å². The Bertz CT molecular complexity index is 1480. The van der Waals surface area contributed by atoms with E-state index in [1.54, 1.807) is 23.0 Å². The number of nitrogens with zero attached hydrogens (tertiary/aromatic N) is 5. The number of amides is 2. The Balaban J connectivity index is 0.00000353. The van der Waals surface area contributed by atoms with E-state index in [0.717, 1.165) is 66.8 Å². The average Bonchev–Trinajstić information content (AvgIpc) is 3.42. The fourth-order valence-electron chi connectivity index (χ4n) is 6.13. The van der Waals surface area contributed by atoms with Gasteiger partial charge in [-0.3, -0.25) is 9.59 Å². The van der Waals surface area contributed by atoms with Crippen LogP contribution in [0.5, 0.6) is 0 Å². The van der Waals surface area contributed by atoms with Crippen LogP contribution in [0.15, 0.2) is 54.7 Å². The van der Waals surface area contributed by atoms with Gasteiger partial charge in [-0.05, 0) is 60.7 Å². The van der Waals surface area contributed by atoms with E-state index in [-0.39, 0.29) is 36.3 Å². The van der Waals surface area contributed by atoms with Crippen molar-refractivity contribution in [3.63, 3.8) is 0 Å². The lowest BCUT2D eigenvalue weighted by atomic mass is 9.93. The summed E-state index contributed by atoms with van der Waals surface area (Å²) in [6.45, 7) is 3.44. The highest BCUT2D eigenvalue weighted by Gasteiger charge is 2.32. The zero-order valence-corrected chi connectivity index (χ0v) is 25.5. The standard InChI is InChI=1S/C30H33Cl2N7O2.ClH/c31-22-8-9-26(39-19-28(32)35-36-39)24(17-22)20-10-13-38(29(40)16-20)25-7-2-1-3-11-34-30(41)27-18-33-12-14-37(27)23-6-4-5-21(25)15-23;/h4-6,8-9,15-17,19,25,27,33H,1-3,7,10-14,18H2,(H,34,41);1H/t25-,27+;/m0./s1. The molecule has 0 unspecified atom stereocenters. The molecule has 42 heavy (non-hydrogen) atoms. The molecule has 9 nitrogen and oxygen atoms in total. The van der Waals surface area contributed by atoms with Gasteiger partial charge >= 0.3 is 0 Å². The Hall–Kier alpha value is -3.11. The molecule has 4 heterocycles. The van der Waals surface area contributed by atoms with E-state index in [4.69, 9.17) is 23.2 Å². The minimum absolute atomic E-state index is 0. The molecule has 2 atom stereocenters. The fourth-order valence-corrected chi connectivity index (χ4v) is 6.43. The summed E-state index contributed by atoms with van der Waals surface area (Å²) in [5.74, 6) is 0.0428. The SMILES string of the molecule is Cl.O=C1NCCCCC[C@H](N2CCC(c3cc(Cl)ccc3-n3cc(Cl)nn3)=CC2=O)c2cccc(c2)N2CCNC[C@H]12. The van der Waals surface area contributed by atoms with Crippen molar-refractivity contribution in [1.29, 1.82) is 0 Å². The van der Waals surface area contributed by atoms with Gasteiger partial charge in [-0.25, -0.2) is 4.68 Å². The number of nitrogens with one attached hydrogen (secondary N) is 2. The van der Waals surface area contributed by atoms with E-state index in [1.165, 1.54) is 0 Å². The second kappa shape index (κ2) is 13.5. The zero-order valence-electron chi connectivity index (χ0n) is 23.1. The average molecular weight is 631 g/mol. The van der Waals surface area contributed by atoms with Crippen molar-refractivity contribution in [2.24, 2.45) is 0 Å². The fraction of sp³-hybridized carbons (Fsp3) is 0.400. The van der Waals surface area contributed by atoms with Gasteiger partial charge in [0, 0.05) is 55.1 Å². The van der Waals surface area contributed by atoms with Gasteiger partial charge in [0.25, 0.3) is 0 Å². The van der Waals surface area contributed by atoms with Crippen LogP contribution in [-0.2, 0) is 9.59 Å². The monoisotopic (exact) mass is 629 g/mol. The van der Waals surface area contributed by atoms with E-state index in [2.05, 4.69) is 44.0 Å². The lowest BCUT2D eigenvalue weighted by Crippen LogP contribution is -2.58. The van der Waals surface area contributed by atoms with Gasteiger partial charge in [-0.1, -0.05) is 53.4 Å². The zero-order chi connectivity index (χ0) is 28.3. The molecule has 2 aromatic carbocycles. The summed E-state index contributed by atoms with van der Waals surface area (Å²) < 4.78 is 1.61. The van der Waals surface area contributed by atoms with E-state index in [0.29, 0.717) is 36.2 Å². The molecule has 1 fully saturated rings. The smallest absolute Gasteiger partial charge is 0.247 e. The lowest BCUT2D eigenvalue weighted by molar-refractivity contribution is -0.129. The number of carbonyl (C=O) groups excluding carboxylic acids is 2. The van der Waals surface area contributed by atoms with E-state index in [1.807, 2.05) is 23.1 Å². The number of hydrogen-bond donors (Lipinski definition) is 2. The third-order valence-corrected chi connectivity index (χ3v) is 8.59. The maximum Gasteiger partial charge on any atom is 0.247 e. The molecule has 2 N–H and O–H groups in total. The van der Waals surface area contributed by atoms with Crippen molar-refractivity contribution in [1.82, 2.24) is 30.5 Å². The number of hydrogen-bond acceptors (Lipinski definition) is 6. The van der Waals surface area contributed by atoms with E-state index >= 15 is 0 Å². The number of benzene rings is 2. The summed E-state index contributed by atoms with van der Waals surface area (Å²) in [5.41, 5.74) is 4.63. The van der Waals surface area contributed by atoms with Gasteiger partial charge in [0.2, 0.25) is 11.8 Å². The highest BCUT2D eigenvalue weighted by atomic mass is 35.5. The van der Waals surface area contributed by atoms with Gasteiger partial charge in [0.15, 0.2) is 5.15 Å². The molecule has 3 aliphatic heterocycles. The first-order valence-corrected chi connectivity index (χ1v) is 15.0. The van der Waals surface area contributed by atoms with Gasteiger partial charge in [0.05, 0.1) is 17.9 Å². The predicted octanol–water partition coefficient (Wildman–Crippen LogP) is 4.82. The normalized spacial score (nSPS) is 21.6. The molecule has 0 saturated carbocycles. The van der Waals surface area contributed by atoms with Crippen LogP contribution < -0.4 is 15.5 Å². The number of piperazine rings is 1. The van der Waals surface area contributed by atoms with Crippen molar-refractivity contribution < 1.29 is 9.59 Å². The van der Waals surface area contributed by atoms with Crippen molar-refractivity contribution in [3.8, 4) is 5.69 Å². The van der Waals surface area contributed by atoms with Gasteiger partial charge in [-0.15, -0.1) is 17.5 Å². The summed E-state index contributed by atoms with van der Waals surface area (Å²) in [6, 6.07) is 13.6. The van der Waals surface area contributed by atoms with Gasteiger partial charge in [0.1, 0.15) is 6.04 Å². The number of anilines is 1. The molecular formula is C30H34Cl3N7O2. The second-order valence-electron chi connectivity index (χ2n) is 10.8. The molecule has 1 aromatic heterocycles. The molecule has 0 aliphatic carbocycles. The molecular weight excluding hydrogens is 597 g/mol. The van der Waals surface area contributed by atoms with Crippen LogP contribution in [0.25, 0.3) is 11.3 Å². The topological polar surface area (TPSA) is 95.4 Å². The molecule has 222 valence electrons. The number of fused-ring (bicyclic) bond motifs is 4. The van der Waals surface area contributed by atoms with Crippen molar-refractivity contribution in [2.45, 2.75) is 44.2 Å². The maximum absolute atomic E-state index is 13.8. The quantitative estimate of drug-likeness (QED) is 0.431. The first kappa shape index (κ1) is 30.4. The molecule has 6 rings (SSSR count). The Morgan fingerprint density at radius 2 is 1.81 bits per heavy atom. The van der Waals surface area contributed by atoms with Crippen LogP contribution in [-0.4, -0.2) is 70.5 Å². The number of rotatable bonds is 3. The van der Waals surface area contributed by atoms with Gasteiger partial charge < -0.3 is 20.4 Å². The Morgan fingerprint density at radius 3 is 2.62 bits per heavy atom. The maximum atomic E-state index is 13.8. The Labute approximate surface area is 261 Å². The van der Waals surface area contributed by atoms with Gasteiger partial charge in [-0.2, -0.15) is 0 Å². The van der Waals surface area contributed by atoms with Crippen LogP contribution in [0.1, 0.15) is 49.3 Å². The van der Waals surface area contributed by atoms with Crippen molar-refractivity contribution in [3.05, 3.63) is 76.0 Å². The van der Waals surface area contributed by atoms with E-state index < -0.39 is 0 Å². The summed E-state index contributed by atoms with van der Waals surface area (Å²) in [7, 11) is 0. The van der Waals surface area contributed by atoms with E-state index in [9.17, 15) is 9.59 Å². The largest absolute Gasteiger partial charge is 0.357 e. The van der Waals surface area contributed by atoms with Crippen molar-refractivity contribution in [2.75, 3.05) is 37.6 Å². The number of carbonyl (C=O) groups is 2. The molecule has 12 heteroatoms. The summed E-state index contributed by atoms with van der Waals surface area (Å²) in [4.78, 5) is 31.0. The third kappa shape index (κ3) is 6.44. The summed E-state index contributed by atoms with van der Waals surface area (Å²) in [6.07, 6.45) is 7.77. The second-order valence-corrected chi connectivity index (χ2v) is 11.6. The minimum atomic E-state index is -0.257. The van der Waals surface area contributed by atoms with Crippen molar-refractivity contribution >= 4 is 58.7 Å². The molecule has 2 bridgehead atoms. The third-order valence-electron chi connectivity index (χ3n) is 8.18. The number of aromatic nitrogens is 3. The first-order valence-electron chi connectivity index (χ1n) is 14.2. The summed E-state index contributed by atoms with van der Waals surface area (Å²) in [5, 5.41) is 15.4. The summed E-state index contributed by atoms with van der Waals surface area (Å²) >= 11 is 12.4. The molecule has 3 aromatic rings. The molecule has 2 amide bonds. The first-order chi connectivity index (χ1) is 20.0. The Morgan fingerprint density at radius 1 is 0.929 bits per heavy atom. The lowest BCUT2D eigenvalue weighted by Gasteiger charge is -2.38. The number of halogens is 3. The van der Waals surface area contributed by atoms with Crippen LogP contribution in [0.4, 0.5) is 5.69 Å². The molecule has 3 aliphatic rings. The minimum Gasteiger partial charge on any atom is -0.357 e. The molecule has 1 saturated heterocycles. The predicted molar refractivity (Wildman–Crippen MR) is 168 cm³/mol.